The van der Waals surface area contributed by atoms with Gasteiger partial charge in [-0.3, -0.25) is 0 Å². The number of nitrogens with zero attached hydrogens (tertiary/aromatic N) is 3. The van der Waals surface area contributed by atoms with Crippen molar-refractivity contribution in [3.05, 3.63) is 65.4 Å². The molecule has 4 rings (SSSR count). The molecule has 1 aromatic heterocycles. The Kier molecular flexibility index (Phi) is 6.02. The molecule has 31 heavy (non-hydrogen) atoms. The second-order valence-electron chi connectivity index (χ2n) is 7.92. The molecule has 1 aliphatic rings. The summed E-state index contributed by atoms with van der Waals surface area (Å²) in [4.78, 5) is 23.8. The van der Waals surface area contributed by atoms with Crippen LogP contribution in [-0.2, 0) is 0 Å². The molecular weight excluding hydrogens is 388 g/mol. The monoisotopic (exact) mass is 416 g/mol. The van der Waals surface area contributed by atoms with Gasteiger partial charge in [-0.25, -0.2) is 9.78 Å². The minimum absolute atomic E-state index is 0.268. The highest BCUT2D eigenvalue weighted by molar-refractivity contribution is 6.00. The van der Waals surface area contributed by atoms with Crippen LogP contribution >= 0.6 is 0 Å². The molecule has 2 heterocycles. The lowest BCUT2D eigenvalue weighted by Crippen LogP contribution is -2.21. The van der Waals surface area contributed by atoms with Gasteiger partial charge in [-0.2, -0.15) is 4.98 Å². The maximum Gasteiger partial charge on any atom is 0.323 e. The molecular formula is C24H28N6O. The van der Waals surface area contributed by atoms with E-state index in [1.165, 1.54) is 12.8 Å². The van der Waals surface area contributed by atoms with Crippen LogP contribution in [0.25, 0.3) is 0 Å². The zero-order valence-electron chi connectivity index (χ0n) is 18.2. The highest BCUT2D eigenvalue weighted by Gasteiger charge is 2.16. The van der Waals surface area contributed by atoms with Gasteiger partial charge in [-0.05, 0) is 75.1 Å². The summed E-state index contributed by atoms with van der Waals surface area (Å²) in [5.74, 6) is 1.55. The lowest BCUT2D eigenvalue weighted by Gasteiger charge is -2.17. The summed E-state index contributed by atoms with van der Waals surface area (Å²) in [5.41, 5.74) is 5.55. The van der Waals surface area contributed by atoms with Crippen LogP contribution in [0.1, 0.15) is 29.7 Å². The summed E-state index contributed by atoms with van der Waals surface area (Å²) < 4.78 is 0. The van der Waals surface area contributed by atoms with Gasteiger partial charge in [-0.15, -0.1) is 0 Å². The van der Waals surface area contributed by atoms with E-state index in [0.717, 1.165) is 53.1 Å². The highest BCUT2D eigenvalue weighted by Crippen LogP contribution is 2.23. The number of hydrogen-bond donors (Lipinski definition) is 3. The molecule has 1 fully saturated rings. The molecule has 7 heteroatoms. The molecule has 0 radical (unpaired) electrons. The summed E-state index contributed by atoms with van der Waals surface area (Å²) in [5, 5.41) is 9.12. The molecule has 3 N–H and O–H groups in total. The number of benzene rings is 2. The van der Waals surface area contributed by atoms with E-state index in [1.54, 1.807) is 0 Å². The second-order valence-corrected chi connectivity index (χ2v) is 7.92. The zero-order valence-corrected chi connectivity index (χ0v) is 18.2. The van der Waals surface area contributed by atoms with Crippen molar-refractivity contribution >= 4 is 34.9 Å². The Balaban J connectivity index is 1.39. The number of anilines is 5. The fourth-order valence-electron chi connectivity index (χ4n) is 3.63. The highest BCUT2D eigenvalue weighted by atomic mass is 16.2. The Hall–Kier alpha value is -3.61. The fraction of sp³-hybridized carbons (Fsp3) is 0.292. The SMILES string of the molecule is Cc1cc(Nc2ccc(NC(=O)Nc3cccc(C)c3C)cc2)nc(N2CCCC2)n1. The van der Waals surface area contributed by atoms with Crippen molar-refractivity contribution < 1.29 is 4.79 Å². The number of carbonyl (C=O) groups excluding carboxylic acids is 1. The molecule has 0 unspecified atom stereocenters. The third-order valence-electron chi connectivity index (χ3n) is 5.50. The van der Waals surface area contributed by atoms with Gasteiger partial charge in [0.25, 0.3) is 0 Å². The van der Waals surface area contributed by atoms with E-state index in [9.17, 15) is 4.79 Å². The van der Waals surface area contributed by atoms with Gasteiger partial charge in [-0.1, -0.05) is 12.1 Å². The fourth-order valence-corrected chi connectivity index (χ4v) is 3.63. The van der Waals surface area contributed by atoms with Gasteiger partial charge >= 0.3 is 6.03 Å². The molecule has 0 saturated carbocycles. The van der Waals surface area contributed by atoms with Crippen LogP contribution in [0.2, 0.25) is 0 Å². The topological polar surface area (TPSA) is 82.2 Å². The third kappa shape index (κ3) is 5.12. The predicted octanol–water partition coefficient (Wildman–Crippen LogP) is 5.39. The number of nitrogens with one attached hydrogen (secondary N) is 3. The number of carbonyl (C=O) groups is 1. The molecule has 7 nitrogen and oxygen atoms in total. The first kappa shape index (κ1) is 20.7. The van der Waals surface area contributed by atoms with Gasteiger partial charge in [0.2, 0.25) is 5.95 Å². The van der Waals surface area contributed by atoms with Crippen LogP contribution in [0.5, 0.6) is 0 Å². The number of rotatable bonds is 5. The lowest BCUT2D eigenvalue weighted by atomic mass is 10.1. The molecule has 0 atom stereocenters. The summed E-state index contributed by atoms with van der Waals surface area (Å²) in [6.45, 7) is 8.02. The Morgan fingerprint density at radius 1 is 0.903 bits per heavy atom. The zero-order chi connectivity index (χ0) is 21.8. The third-order valence-corrected chi connectivity index (χ3v) is 5.50. The van der Waals surface area contributed by atoms with Crippen LogP contribution < -0.4 is 20.9 Å². The van der Waals surface area contributed by atoms with E-state index in [4.69, 9.17) is 0 Å². The first-order chi connectivity index (χ1) is 15.0. The van der Waals surface area contributed by atoms with Crippen LogP contribution in [0, 0.1) is 20.8 Å². The molecule has 0 spiro atoms. The molecule has 0 aliphatic carbocycles. The Morgan fingerprint density at radius 2 is 1.61 bits per heavy atom. The van der Waals surface area contributed by atoms with Crippen molar-refractivity contribution in [1.82, 2.24) is 9.97 Å². The van der Waals surface area contributed by atoms with E-state index in [0.29, 0.717) is 5.69 Å². The largest absolute Gasteiger partial charge is 0.341 e. The molecule has 3 aromatic rings. The maximum atomic E-state index is 12.4. The van der Waals surface area contributed by atoms with E-state index in [-0.39, 0.29) is 6.03 Å². The lowest BCUT2D eigenvalue weighted by molar-refractivity contribution is 0.262. The Bertz CT molecular complexity index is 1070. The summed E-state index contributed by atoms with van der Waals surface area (Å²) >= 11 is 0. The van der Waals surface area contributed by atoms with E-state index in [2.05, 4.69) is 30.8 Å². The minimum atomic E-state index is -0.268. The van der Waals surface area contributed by atoms with Crippen LogP contribution in [0.3, 0.4) is 0 Å². The first-order valence-corrected chi connectivity index (χ1v) is 10.6. The predicted molar refractivity (Wildman–Crippen MR) is 126 cm³/mol. The van der Waals surface area contributed by atoms with Crippen molar-refractivity contribution in [2.24, 2.45) is 0 Å². The normalized spacial score (nSPS) is 13.2. The van der Waals surface area contributed by atoms with Crippen LogP contribution in [0.4, 0.5) is 33.6 Å². The quantitative estimate of drug-likeness (QED) is 0.519. The molecule has 160 valence electrons. The van der Waals surface area contributed by atoms with Crippen molar-refractivity contribution in [3.8, 4) is 0 Å². The number of amides is 2. The van der Waals surface area contributed by atoms with Crippen molar-refractivity contribution in [2.45, 2.75) is 33.6 Å². The van der Waals surface area contributed by atoms with Crippen LogP contribution in [-0.4, -0.2) is 29.1 Å². The van der Waals surface area contributed by atoms with Crippen molar-refractivity contribution in [3.63, 3.8) is 0 Å². The molecule has 1 saturated heterocycles. The second kappa shape index (κ2) is 9.04. The number of aromatic nitrogens is 2. The van der Waals surface area contributed by atoms with Crippen molar-refractivity contribution in [1.29, 1.82) is 0 Å². The van der Waals surface area contributed by atoms with Crippen LogP contribution in [0.15, 0.2) is 48.5 Å². The van der Waals surface area contributed by atoms with Crippen molar-refractivity contribution in [2.75, 3.05) is 33.9 Å². The summed E-state index contributed by atoms with van der Waals surface area (Å²) in [6.07, 6.45) is 2.37. The van der Waals surface area contributed by atoms with E-state index < -0.39 is 0 Å². The number of hydrogen-bond acceptors (Lipinski definition) is 5. The maximum absolute atomic E-state index is 12.4. The summed E-state index contributed by atoms with van der Waals surface area (Å²) in [6, 6.07) is 15.1. The van der Waals surface area contributed by atoms with Gasteiger partial charge in [0, 0.05) is 41.9 Å². The van der Waals surface area contributed by atoms with E-state index in [1.807, 2.05) is 69.3 Å². The van der Waals surface area contributed by atoms with Gasteiger partial charge in [0.1, 0.15) is 5.82 Å². The van der Waals surface area contributed by atoms with Gasteiger partial charge in [0.05, 0.1) is 0 Å². The average Bonchev–Trinajstić information content (AvgIpc) is 3.27. The molecule has 0 bridgehead atoms. The number of urea groups is 1. The Morgan fingerprint density at radius 3 is 2.35 bits per heavy atom. The average molecular weight is 417 g/mol. The first-order valence-electron chi connectivity index (χ1n) is 10.6. The number of aryl methyl sites for hydroxylation is 2. The molecule has 1 aliphatic heterocycles. The minimum Gasteiger partial charge on any atom is -0.341 e. The van der Waals surface area contributed by atoms with Gasteiger partial charge < -0.3 is 20.9 Å². The summed E-state index contributed by atoms with van der Waals surface area (Å²) in [7, 11) is 0. The molecule has 2 aromatic carbocycles. The smallest absolute Gasteiger partial charge is 0.323 e. The standard InChI is InChI=1S/C24H28N6O/c1-16-7-6-8-21(18(16)3)28-24(31)27-20-11-9-19(10-12-20)26-22-15-17(2)25-23(29-22)30-13-4-5-14-30/h6-12,15H,4-5,13-14H2,1-3H3,(H,25,26,29)(H2,27,28,31). The Labute approximate surface area is 182 Å². The van der Waals surface area contributed by atoms with Gasteiger partial charge in [0.15, 0.2) is 0 Å². The van der Waals surface area contributed by atoms with E-state index >= 15 is 0 Å². The molecule has 2 amide bonds.